The zero-order valence-corrected chi connectivity index (χ0v) is 44.7. The monoisotopic (exact) mass is 1120 g/mol. The number of rotatable bonds is 8. The van der Waals surface area contributed by atoms with E-state index in [4.69, 9.17) is 21.4 Å². The molecule has 2 aromatic heterocycles. The van der Waals surface area contributed by atoms with Crippen LogP contribution in [0.25, 0.3) is 72.7 Å². The van der Waals surface area contributed by atoms with Gasteiger partial charge in [-0.25, -0.2) is 4.98 Å². The van der Waals surface area contributed by atoms with Crippen molar-refractivity contribution in [3.63, 3.8) is 0 Å². The van der Waals surface area contributed by atoms with Gasteiger partial charge in [-0.3, -0.25) is 9.55 Å². The van der Waals surface area contributed by atoms with Gasteiger partial charge in [0.25, 0.3) is 0 Å². The van der Waals surface area contributed by atoms with Crippen molar-refractivity contribution in [3.05, 3.63) is 166 Å². The standard InChI is InChI=1S/C65H74N3O.Pt/c1-39(2)45-30-46(40(3)4)32-47(31-45)43-23-26-57(41(5)29-43)68-58-20-18-19-53(59(58)67-61(68)54-37-52(64(12,13)14)38-55(60(54)69)65(15,16)17)48-33-49(35-51(34-48)63(9,10)11)56-36-44(27-28-66-56)42-21-24-50(25-22-42)62(6,7)8;/h18-32,34-40,69H,1-17H3;/q-1;/i5D3,6D3,7D3,8D3,21D,22D,24D,25D,39D;. The number of aromatic nitrogens is 3. The maximum atomic E-state index is 12.6. The molecular formula is C65H74N3OPt-. The molecule has 4 nitrogen and oxygen atoms in total. The first-order valence-electron chi connectivity index (χ1n) is 32.0. The van der Waals surface area contributed by atoms with E-state index in [0.717, 1.165) is 27.8 Å². The van der Waals surface area contributed by atoms with Gasteiger partial charge in [0.2, 0.25) is 0 Å². The van der Waals surface area contributed by atoms with Crippen molar-refractivity contribution in [3.8, 4) is 67.5 Å². The summed E-state index contributed by atoms with van der Waals surface area (Å²) >= 11 is 0. The summed E-state index contributed by atoms with van der Waals surface area (Å²) in [5, 5.41) is 12.6. The molecule has 6 aromatic carbocycles. The predicted octanol–water partition coefficient (Wildman–Crippen LogP) is 18.0. The number of aryl methyl sites for hydroxylation is 1. The molecule has 8 aromatic rings. The molecule has 0 spiro atoms. The van der Waals surface area contributed by atoms with Crippen molar-refractivity contribution in [2.45, 2.75) is 151 Å². The summed E-state index contributed by atoms with van der Waals surface area (Å²) in [5.41, 5.74) is 2.04. The Morgan fingerprint density at radius 1 is 0.629 bits per heavy atom. The normalized spacial score (nSPS) is 17.0. The molecule has 0 saturated carbocycles. The molecule has 0 aliphatic rings. The Hall–Kier alpha value is -5.57. The molecule has 0 radical (unpaired) electrons. The fourth-order valence-corrected chi connectivity index (χ4v) is 8.57. The third kappa shape index (κ3) is 10.6. The van der Waals surface area contributed by atoms with Gasteiger partial charge in [-0.15, -0.1) is 29.3 Å². The van der Waals surface area contributed by atoms with E-state index >= 15 is 0 Å². The van der Waals surface area contributed by atoms with Crippen LogP contribution in [0.4, 0.5) is 0 Å². The van der Waals surface area contributed by atoms with E-state index < -0.39 is 84.7 Å². The summed E-state index contributed by atoms with van der Waals surface area (Å²) in [7, 11) is 0. The number of phenols is 1. The van der Waals surface area contributed by atoms with Crippen molar-refractivity contribution in [2.75, 3.05) is 0 Å². The van der Waals surface area contributed by atoms with Gasteiger partial charge in [0.15, 0.2) is 0 Å². The first-order chi connectivity index (χ1) is 39.1. The van der Waals surface area contributed by atoms with E-state index in [1.165, 1.54) is 18.3 Å². The van der Waals surface area contributed by atoms with Crippen LogP contribution in [0.2, 0.25) is 0 Å². The van der Waals surface area contributed by atoms with Crippen molar-refractivity contribution in [1.29, 1.82) is 0 Å². The maximum absolute atomic E-state index is 12.6. The minimum absolute atomic E-state index is 0. The van der Waals surface area contributed by atoms with E-state index in [9.17, 15) is 12.0 Å². The molecule has 366 valence electrons. The Morgan fingerprint density at radius 2 is 1.29 bits per heavy atom. The molecule has 0 aliphatic heterocycles. The number of phenolic OH excluding ortho intramolecular Hbond substituents is 1. The zero-order valence-electron chi connectivity index (χ0n) is 59.4. The van der Waals surface area contributed by atoms with Gasteiger partial charge in [0, 0.05) is 56.3 Å². The molecular weight excluding hydrogens is 1030 g/mol. The van der Waals surface area contributed by atoms with Crippen LogP contribution in [0.5, 0.6) is 5.75 Å². The maximum Gasteiger partial charge on any atom is 0.148 e. The van der Waals surface area contributed by atoms with Crippen LogP contribution in [-0.2, 0) is 42.7 Å². The number of fused-ring (bicyclic) bond motifs is 1. The smallest absolute Gasteiger partial charge is 0.148 e. The average Bonchev–Trinajstić information content (AvgIpc) is 0.885. The largest absolute Gasteiger partial charge is 0.507 e. The molecule has 5 heteroatoms. The van der Waals surface area contributed by atoms with Crippen LogP contribution in [0.15, 0.2) is 121 Å². The van der Waals surface area contributed by atoms with Gasteiger partial charge in [0.1, 0.15) is 11.6 Å². The first kappa shape index (κ1) is 33.9. The SMILES string of the molecule is [2H]c1c([2H])c(C(C([2H])([2H])[2H])(C([2H])([2H])[2H])C([2H])([2H])[2H])c([2H])c([2H])c1-c1ccnc(-c2[c-]c(-c3cccc4c3nc(-c3cc(C(C)(C)C)cc(C(C)(C)C)c3O)n4-c3ccc(-c4cc(C(C)C)cc(C([2H])(C)C)c4)cc3C([2H])([2H])[2H])cc(C(C)(C)C)c2)c1.[Pt]. The molecule has 1 N–H and O–H groups in total. The van der Waals surface area contributed by atoms with E-state index in [0.29, 0.717) is 50.1 Å². The van der Waals surface area contributed by atoms with E-state index in [1.807, 2.05) is 122 Å². The number of benzene rings is 6. The Bertz CT molecular complexity index is 3910. The predicted molar refractivity (Wildman–Crippen MR) is 294 cm³/mol. The molecule has 0 unspecified atom stereocenters. The number of hydrogen-bond acceptors (Lipinski definition) is 3. The van der Waals surface area contributed by atoms with Crippen molar-refractivity contribution >= 4 is 11.0 Å². The van der Waals surface area contributed by atoms with Crippen molar-refractivity contribution in [1.82, 2.24) is 14.5 Å². The van der Waals surface area contributed by atoms with Gasteiger partial charge >= 0.3 is 0 Å². The number of hydrogen-bond donors (Lipinski definition) is 1. The summed E-state index contributed by atoms with van der Waals surface area (Å²) < 4.78 is 149. The van der Waals surface area contributed by atoms with Gasteiger partial charge in [-0.05, 0) is 121 Å². The van der Waals surface area contributed by atoms with Crippen molar-refractivity contribution < 1.29 is 49.5 Å². The van der Waals surface area contributed by atoms with E-state index in [1.54, 1.807) is 16.7 Å². The van der Waals surface area contributed by atoms with Gasteiger partial charge < -0.3 is 5.11 Å². The first-order valence-corrected chi connectivity index (χ1v) is 23.5. The number of nitrogens with zero attached hydrogens (tertiary/aromatic N) is 3. The third-order valence-corrected chi connectivity index (χ3v) is 12.8. The van der Waals surface area contributed by atoms with Crippen LogP contribution in [0.1, 0.15) is 185 Å². The molecule has 0 aliphatic carbocycles. The van der Waals surface area contributed by atoms with E-state index in [-0.39, 0.29) is 60.9 Å². The fourth-order valence-electron chi connectivity index (χ4n) is 8.57. The van der Waals surface area contributed by atoms with E-state index in [2.05, 4.69) is 45.7 Å². The Morgan fingerprint density at radius 3 is 1.91 bits per heavy atom. The van der Waals surface area contributed by atoms with Crippen LogP contribution < -0.4 is 0 Å². The third-order valence-electron chi connectivity index (χ3n) is 12.8. The number of imidazole rings is 1. The second kappa shape index (κ2) is 19.2. The Kier molecular flexibility index (Phi) is 9.31. The van der Waals surface area contributed by atoms with Crippen LogP contribution in [0, 0.1) is 12.9 Å². The van der Waals surface area contributed by atoms with Gasteiger partial charge in [-0.2, -0.15) is 0 Å². The molecule has 8 rings (SSSR count). The Labute approximate surface area is 458 Å². The fraction of sp³-hybridized carbons (Fsp3) is 0.354. The molecule has 0 amide bonds. The summed E-state index contributed by atoms with van der Waals surface area (Å²) in [6.07, 6.45) is 1.38. The Balaban J connectivity index is 0.0000108. The quantitative estimate of drug-likeness (QED) is 0.154. The minimum atomic E-state index is -3.84. The molecule has 0 bridgehead atoms. The van der Waals surface area contributed by atoms with Gasteiger partial charge in [0.05, 0.1) is 27.8 Å². The molecule has 0 fully saturated rings. The summed E-state index contributed by atoms with van der Waals surface area (Å²) in [6.45, 7) is 11.9. The molecule has 0 atom stereocenters. The summed E-state index contributed by atoms with van der Waals surface area (Å²) in [5.74, 6) is -0.587. The number of para-hydroxylation sites is 1. The average molecular weight is 1130 g/mol. The molecule has 0 saturated heterocycles. The molecule has 2 heterocycles. The number of aromatic hydroxyl groups is 1. The minimum Gasteiger partial charge on any atom is -0.507 e. The van der Waals surface area contributed by atoms with Crippen LogP contribution in [-0.4, -0.2) is 19.6 Å². The second-order valence-electron chi connectivity index (χ2n) is 22.0. The van der Waals surface area contributed by atoms with Crippen LogP contribution in [0.3, 0.4) is 0 Å². The summed E-state index contributed by atoms with van der Waals surface area (Å²) in [4.78, 5) is 10.1. The van der Waals surface area contributed by atoms with Gasteiger partial charge in [-0.1, -0.05) is 194 Å². The molecule has 70 heavy (non-hydrogen) atoms. The van der Waals surface area contributed by atoms with Crippen LogP contribution >= 0.6 is 0 Å². The summed E-state index contributed by atoms with van der Waals surface area (Å²) in [6, 6.07) is 27.1. The topological polar surface area (TPSA) is 50.9 Å². The zero-order chi connectivity index (χ0) is 64.5. The van der Waals surface area contributed by atoms with Crippen molar-refractivity contribution in [2.24, 2.45) is 0 Å². The number of pyridine rings is 1. The second-order valence-corrected chi connectivity index (χ2v) is 22.0.